The third-order valence-corrected chi connectivity index (χ3v) is 7.98. The molecule has 33 heavy (non-hydrogen) atoms. The fourth-order valence-electron chi connectivity index (χ4n) is 4.39. The van der Waals surface area contributed by atoms with E-state index in [9.17, 15) is 18.0 Å². The molecule has 2 aromatic heterocycles. The molecule has 0 bridgehead atoms. The van der Waals surface area contributed by atoms with Crippen LogP contribution in [0.25, 0.3) is 11.0 Å². The van der Waals surface area contributed by atoms with Crippen molar-refractivity contribution in [3.63, 3.8) is 0 Å². The topological polar surface area (TPSA) is 120 Å². The fraction of sp³-hybridized carbons (Fsp3) is 0.391. The number of fused-ring (bicyclic) bond motifs is 1. The number of aromatic nitrogens is 3. The number of carbonyl (C=O) groups is 2. The van der Waals surface area contributed by atoms with Crippen LogP contribution in [0.4, 0.5) is 5.69 Å². The third-order valence-electron chi connectivity index (χ3n) is 6.23. The summed E-state index contributed by atoms with van der Waals surface area (Å²) in [5.74, 6) is -0.512. The Kier molecular flexibility index (Phi) is 5.19. The highest BCUT2D eigenvalue weighted by Crippen LogP contribution is 2.41. The highest BCUT2D eigenvalue weighted by Gasteiger charge is 2.34. The Morgan fingerprint density at radius 1 is 1.15 bits per heavy atom. The van der Waals surface area contributed by atoms with Crippen molar-refractivity contribution in [2.45, 2.75) is 38.1 Å². The molecule has 172 valence electrons. The van der Waals surface area contributed by atoms with Gasteiger partial charge < -0.3 is 10.1 Å². The van der Waals surface area contributed by atoms with Gasteiger partial charge in [0.05, 0.1) is 52.6 Å². The third kappa shape index (κ3) is 3.99. The molecule has 0 spiro atoms. The van der Waals surface area contributed by atoms with Gasteiger partial charge in [0, 0.05) is 11.6 Å². The van der Waals surface area contributed by atoms with E-state index in [-0.39, 0.29) is 34.9 Å². The number of aryl methyl sites for hydroxylation is 1. The largest absolute Gasteiger partial charge is 0.465 e. The second kappa shape index (κ2) is 7.95. The quantitative estimate of drug-likeness (QED) is 0.572. The fourth-order valence-corrected chi connectivity index (χ4v) is 6.08. The number of para-hydroxylation sites is 1. The van der Waals surface area contributed by atoms with Crippen molar-refractivity contribution in [1.82, 2.24) is 14.8 Å². The van der Waals surface area contributed by atoms with Crippen LogP contribution in [0.15, 0.2) is 30.3 Å². The summed E-state index contributed by atoms with van der Waals surface area (Å²) in [4.78, 5) is 30.4. The molecule has 1 unspecified atom stereocenters. The maximum Gasteiger partial charge on any atom is 0.339 e. The van der Waals surface area contributed by atoms with E-state index < -0.39 is 15.8 Å². The number of nitrogens with zero attached hydrogens (tertiary/aromatic N) is 3. The monoisotopic (exact) mass is 468 g/mol. The van der Waals surface area contributed by atoms with E-state index in [4.69, 9.17) is 9.72 Å². The van der Waals surface area contributed by atoms with E-state index in [1.54, 1.807) is 41.9 Å². The average molecular weight is 469 g/mol. The number of sulfone groups is 1. The lowest BCUT2D eigenvalue weighted by atomic mass is 10.1. The standard InChI is InChI=1S/C23H24N4O5S/c1-13-20-17(22(28)25-18-6-4-3-5-16(18)23(29)32-2)11-19(14-7-8-14)24-21(20)27(26-13)15-9-10-33(30,31)12-15/h3-6,11,14-15H,7-10,12H2,1-2H3,(H,25,28). The van der Waals surface area contributed by atoms with Crippen LogP contribution in [0.2, 0.25) is 0 Å². The molecule has 1 atom stereocenters. The van der Waals surface area contributed by atoms with Gasteiger partial charge in [-0.1, -0.05) is 12.1 Å². The molecule has 1 aromatic carbocycles. The summed E-state index contributed by atoms with van der Waals surface area (Å²) < 4.78 is 30.6. The number of hydrogen-bond acceptors (Lipinski definition) is 7. The first-order valence-corrected chi connectivity index (χ1v) is 12.7. The van der Waals surface area contributed by atoms with Gasteiger partial charge in [-0.3, -0.25) is 4.79 Å². The number of esters is 1. The van der Waals surface area contributed by atoms with Gasteiger partial charge in [-0.05, 0) is 44.4 Å². The summed E-state index contributed by atoms with van der Waals surface area (Å²) in [6.07, 6.45) is 2.47. The van der Waals surface area contributed by atoms with Crippen LogP contribution >= 0.6 is 0 Å². The minimum absolute atomic E-state index is 0.0204. The van der Waals surface area contributed by atoms with Crippen molar-refractivity contribution in [3.8, 4) is 0 Å². The lowest BCUT2D eigenvalue weighted by Crippen LogP contribution is -2.17. The lowest BCUT2D eigenvalue weighted by molar-refractivity contribution is 0.0602. The Hall–Kier alpha value is -3.27. The van der Waals surface area contributed by atoms with Crippen molar-refractivity contribution in [3.05, 3.63) is 52.8 Å². The Bertz CT molecular complexity index is 1390. The number of carbonyl (C=O) groups excluding carboxylic acids is 2. The predicted molar refractivity (Wildman–Crippen MR) is 122 cm³/mol. The van der Waals surface area contributed by atoms with Gasteiger partial charge in [-0.15, -0.1) is 0 Å². The van der Waals surface area contributed by atoms with E-state index in [1.807, 2.05) is 0 Å². The van der Waals surface area contributed by atoms with Crippen molar-refractivity contribution >= 4 is 38.4 Å². The van der Waals surface area contributed by atoms with Crippen LogP contribution in [0, 0.1) is 6.92 Å². The van der Waals surface area contributed by atoms with Gasteiger partial charge in [-0.2, -0.15) is 5.10 Å². The average Bonchev–Trinajstić information content (AvgIpc) is 3.51. The molecule has 1 amide bonds. The molecule has 3 heterocycles. The van der Waals surface area contributed by atoms with E-state index in [1.165, 1.54) is 7.11 Å². The number of methoxy groups -OCH3 is 1. The molecule has 3 aromatic rings. The van der Waals surface area contributed by atoms with E-state index >= 15 is 0 Å². The molecular weight excluding hydrogens is 444 g/mol. The molecule has 0 radical (unpaired) electrons. The van der Waals surface area contributed by atoms with Gasteiger partial charge >= 0.3 is 5.97 Å². The molecular formula is C23H24N4O5S. The molecule has 1 saturated carbocycles. The van der Waals surface area contributed by atoms with E-state index in [2.05, 4.69) is 10.4 Å². The van der Waals surface area contributed by atoms with Gasteiger partial charge in [0.25, 0.3) is 5.91 Å². The SMILES string of the molecule is COC(=O)c1ccccc1NC(=O)c1cc(C2CC2)nc2c1c(C)nn2C1CCS(=O)(=O)C1. The first-order valence-electron chi connectivity index (χ1n) is 10.9. The second-order valence-corrected chi connectivity index (χ2v) is 10.9. The molecule has 2 fully saturated rings. The van der Waals surface area contributed by atoms with Gasteiger partial charge in [0.1, 0.15) is 0 Å². The number of amides is 1. The zero-order valence-electron chi connectivity index (χ0n) is 18.4. The van der Waals surface area contributed by atoms with Gasteiger partial charge in [-0.25, -0.2) is 22.9 Å². The van der Waals surface area contributed by atoms with Crippen LogP contribution in [-0.4, -0.2) is 53.7 Å². The van der Waals surface area contributed by atoms with Crippen LogP contribution in [0.5, 0.6) is 0 Å². The number of anilines is 1. The Balaban J connectivity index is 1.60. The number of benzene rings is 1. The summed E-state index contributed by atoms with van der Waals surface area (Å²) in [5.41, 5.74) is 2.95. The first kappa shape index (κ1) is 21.6. The van der Waals surface area contributed by atoms with Crippen LogP contribution < -0.4 is 5.32 Å². The molecule has 1 aliphatic carbocycles. The van der Waals surface area contributed by atoms with Crippen molar-refractivity contribution in [2.75, 3.05) is 23.9 Å². The zero-order valence-corrected chi connectivity index (χ0v) is 19.2. The Morgan fingerprint density at radius 2 is 1.91 bits per heavy atom. The molecule has 1 saturated heterocycles. The highest BCUT2D eigenvalue weighted by atomic mass is 32.2. The first-order chi connectivity index (χ1) is 15.8. The maximum absolute atomic E-state index is 13.4. The molecule has 10 heteroatoms. The van der Waals surface area contributed by atoms with Crippen LogP contribution in [0.1, 0.15) is 63.3 Å². The normalized spacial score (nSPS) is 19.5. The van der Waals surface area contributed by atoms with E-state index in [0.29, 0.717) is 34.4 Å². The van der Waals surface area contributed by atoms with Crippen molar-refractivity contribution in [2.24, 2.45) is 0 Å². The lowest BCUT2D eigenvalue weighted by Gasteiger charge is -2.13. The Morgan fingerprint density at radius 3 is 2.58 bits per heavy atom. The number of pyridine rings is 1. The summed E-state index contributed by atoms with van der Waals surface area (Å²) in [6.45, 7) is 1.79. The van der Waals surface area contributed by atoms with Crippen LogP contribution in [0.3, 0.4) is 0 Å². The smallest absolute Gasteiger partial charge is 0.339 e. The van der Waals surface area contributed by atoms with Crippen molar-refractivity contribution < 1.29 is 22.7 Å². The number of nitrogens with one attached hydrogen (secondary N) is 1. The van der Waals surface area contributed by atoms with Gasteiger partial charge in [0.2, 0.25) is 0 Å². The summed E-state index contributed by atoms with van der Waals surface area (Å²) in [7, 11) is -1.82. The minimum Gasteiger partial charge on any atom is -0.465 e. The molecule has 2 aliphatic rings. The molecule has 5 rings (SSSR count). The summed E-state index contributed by atoms with van der Waals surface area (Å²) in [6, 6.07) is 8.14. The van der Waals surface area contributed by atoms with Crippen molar-refractivity contribution in [1.29, 1.82) is 0 Å². The Labute approximate surface area is 191 Å². The highest BCUT2D eigenvalue weighted by molar-refractivity contribution is 7.91. The van der Waals surface area contributed by atoms with Crippen LogP contribution in [-0.2, 0) is 14.6 Å². The minimum atomic E-state index is -3.11. The second-order valence-electron chi connectivity index (χ2n) is 8.65. The molecule has 1 aliphatic heterocycles. The summed E-state index contributed by atoms with van der Waals surface area (Å²) in [5, 5.41) is 8.04. The maximum atomic E-state index is 13.4. The number of hydrogen-bond donors (Lipinski definition) is 1. The number of rotatable bonds is 5. The molecule has 9 nitrogen and oxygen atoms in total. The summed E-state index contributed by atoms with van der Waals surface area (Å²) >= 11 is 0. The zero-order chi connectivity index (χ0) is 23.3. The predicted octanol–water partition coefficient (Wildman–Crippen LogP) is 3.02. The molecule has 1 N–H and O–H groups in total. The van der Waals surface area contributed by atoms with Gasteiger partial charge in [0.15, 0.2) is 15.5 Å². The number of ether oxygens (including phenoxy) is 1. The van der Waals surface area contributed by atoms with E-state index in [0.717, 1.165) is 18.5 Å².